The van der Waals surface area contributed by atoms with Gasteiger partial charge in [0.05, 0.1) is 11.5 Å². The molecule has 0 amide bonds. The summed E-state index contributed by atoms with van der Waals surface area (Å²) in [5.74, 6) is -0.484. The number of carbonyl (C=O) groups excluding carboxylic acids is 1. The highest BCUT2D eigenvalue weighted by atomic mass is 32.2. The SMILES string of the molecule is CCOC(=O)C(N)Cc1cccc(S(C)(=O)=O)c1. The number of sulfone groups is 1. The number of nitrogens with two attached hydrogens (primary N) is 1. The molecule has 1 aromatic rings. The van der Waals surface area contributed by atoms with Crippen molar-refractivity contribution in [2.75, 3.05) is 12.9 Å². The fourth-order valence-corrected chi connectivity index (χ4v) is 2.18. The normalized spacial score (nSPS) is 13.1. The maximum Gasteiger partial charge on any atom is 0.323 e. The molecule has 6 heteroatoms. The van der Waals surface area contributed by atoms with E-state index < -0.39 is 21.8 Å². The third-order valence-electron chi connectivity index (χ3n) is 2.37. The Kier molecular flexibility index (Phi) is 4.86. The molecular formula is C12H17NO4S. The van der Waals surface area contributed by atoms with E-state index in [-0.39, 0.29) is 17.9 Å². The summed E-state index contributed by atoms with van der Waals surface area (Å²) in [5.41, 5.74) is 6.36. The van der Waals surface area contributed by atoms with E-state index in [2.05, 4.69) is 0 Å². The number of ether oxygens (including phenoxy) is 1. The molecule has 0 heterocycles. The molecule has 0 aliphatic rings. The number of hydrogen-bond donors (Lipinski definition) is 1. The van der Waals surface area contributed by atoms with Crippen LogP contribution >= 0.6 is 0 Å². The molecule has 0 aliphatic heterocycles. The van der Waals surface area contributed by atoms with Crippen LogP contribution in [0.2, 0.25) is 0 Å². The van der Waals surface area contributed by atoms with E-state index in [0.717, 1.165) is 6.26 Å². The Morgan fingerprint density at radius 3 is 2.67 bits per heavy atom. The molecule has 0 aliphatic carbocycles. The first-order valence-electron chi connectivity index (χ1n) is 5.55. The van der Waals surface area contributed by atoms with Gasteiger partial charge in [0.1, 0.15) is 6.04 Å². The summed E-state index contributed by atoms with van der Waals surface area (Å²) in [5, 5.41) is 0. The molecule has 5 nitrogen and oxygen atoms in total. The number of rotatable bonds is 5. The van der Waals surface area contributed by atoms with E-state index in [1.54, 1.807) is 19.1 Å². The Labute approximate surface area is 107 Å². The first-order chi connectivity index (χ1) is 8.34. The molecule has 0 saturated carbocycles. The third kappa shape index (κ3) is 4.12. The first-order valence-corrected chi connectivity index (χ1v) is 7.45. The number of carbonyl (C=O) groups is 1. The summed E-state index contributed by atoms with van der Waals surface area (Å²) in [7, 11) is -3.25. The van der Waals surface area contributed by atoms with Crippen LogP contribution in [-0.4, -0.2) is 33.3 Å². The lowest BCUT2D eigenvalue weighted by Crippen LogP contribution is -2.34. The van der Waals surface area contributed by atoms with Gasteiger partial charge in [-0.25, -0.2) is 8.42 Å². The van der Waals surface area contributed by atoms with Crippen LogP contribution in [0, 0.1) is 0 Å². The lowest BCUT2D eigenvalue weighted by atomic mass is 10.1. The van der Waals surface area contributed by atoms with Crippen molar-refractivity contribution in [3.8, 4) is 0 Å². The molecule has 0 aromatic heterocycles. The van der Waals surface area contributed by atoms with Crippen molar-refractivity contribution in [2.24, 2.45) is 5.73 Å². The van der Waals surface area contributed by atoms with Gasteiger partial charge in [-0.15, -0.1) is 0 Å². The van der Waals surface area contributed by atoms with Crippen molar-refractivity contribution >= 4 is 15.8 Å². The standard InChI is InChI=1S/C12H17NO4S/c1-3-17-12(14)11(13)8-9-5-4-6-10(7-9)18(2,15)16/h4-7,11H,3,8,13H2,1-2H3. The Hall–Kier alpha value is -1.40. The van der Waals surface area contributed by atoms with Crippen molar-refractivity contribution in [3.63, 3.8) is 0 Å². The van der Waals surface area contributed by atoms with Crippen molar-refractivity contribution in [3.05, 3.63) is 29.8 Å². The smallest absolute Gasteiger partial charge is 0.323 e. The Morgan fingerprint density at radius 2 is 2.11 bits per heavy atom. The molecule has 1 atom stereocenters. The van der Waals surface area contributed by atoms with Crippen molar-refractivity contribution in [2.45, 2.75) is 24.3 Å². The third-order valence-corrected chi connectivity index (χ3v) is 3.48. The maximum atomic E-state index is 11.4. The second-order valence-electron chi connectivity index (χ2n) is 3.98. The summed E-state index contributed by atoms with van der Waals surface area (Å²) in [6.45, 7) is 1.98. The Balaban J connectivity index is 2.83. The molecule has 1 rings (SSSR count). The molecule has 0 bridgehead atoms. The molecule has 18 heavy (non-hydrogen) atoms. The van der Waals surface area contributed by atoms with Gasteiger partial charge in [0.15, 0.2) is 9.84 Å². The second kappa shape index (κ2) is 5.97. The average molecular weight is 271 g/mol. The molecule has 0 fully saturated rings. The molecule has 100 valence electrons. The van der Waals surface area contributed by atoms with Crippen LogP contribution in [0.3, 0.4) is 0 Å². The zero-order valence-corrected chi connectivity index (χ0v) is 11.2. The largest absolute Gasteiger partial charge is 0.465 e. The van der Waals surface area contributed by atoms with Gasteiger partial charge in [0, 0.05) is 6.26 Å². The molecule has 1 unspecified atom stereocenters. The summed E-state index contributed by atoms with van der Waals surface area (Å²) < 4.78 is 27.6. The zero-order chi connectivity index (χ0) is 13.8. The van der Waals surface area contributed by atoms with E-state index in [4.69, 9.17) is 10.5 Å². The van der Waals surface area contributed by atoms with Gasteiger partial charge in [-0.3, -0.25) is 4.79 Å². The summed E-state index contributed by atoms with van der Waals surface area (Å²) in [6, 6.07) is 5.61. The van der Waals surface area contributed by atoms with Crippen molar-refractivity contribution in [1.29, 1.82) is 0 Å². The first kappa shape index (κ1) is 14.7. The number of benzene rings is 1. The number of esters is 1. The van der Waals surface area contributed by atoms with Crippen LogP contribution in [0.1, 0.15) is 12.5 Å². The van der Waals surface area contributed by atoms with Crippen LogP contribution in [0.25, 0.3) is 0 Å². The Bertz CT molecular complexity index is 525. The minimum atomic E-state index is -3.25. The summed E-state index contributed by atoms with van der Waals surface area (Å²) in [6.07, 6.45) is 1.39. The van der Waals surface area contributed by atoms with Gasteiger partial charge in [-0.1, -0.05) is 12.1 Å². The highest BCUT2D eigenvalue weighted by Crippen LogP contribution is 2.12. The quantitative estimate of drug-likeness (QED) is 0.789. The monoisotopic (exact) mass is 271 g/mol. The highest BCUT2D eigenvalue weighted by molar-refractivity contribution is 7.90. The van der Waals surface area contributed by atoms with Crippen LogP contribution < -0.4 is 5.73 Å². The lowest BCUT2D eigenvalue weighted by molar-refractivity contribution is -0.144. The van der Waals surface area contributed by atoms with E-state index >= 15 is 0 Å². The fraction of sp³-hybridized carbons (Fsp3) is 0.417. The maximum absolute atomic E-state index is 11.4. The number of hydrogen-bond acceptors (Lipinski definition) is 5. The topological polar surface area (TPSA) is 86.5 Å². The summed E-state index contributed by atoms with van der Waals surface area (Å²) >= 11 is 0. The van der Waals surface area contributed by atoms with Crippen molar-refractivity contribution in [1.82, 2.24) is 0 Å². The van der Waals surface area contributed by atoms with Gasteiger partial charge in [0.25, 0.3) is 0 Å². The summed E-state index contributed by atoms with van der Waals surface area (Å²) in [4.78, 5) is 11.6. The minimum absolute atomic E-state index is 0.219. The molecule has 2 N–H and O–H groups in total. The van der Waals surface area contributed by atoms with Gasteiger partial charge >= 0.3 is 5.97 Å². The molecule has 0 radical (unpaired) electrons. The van der Waals surface area contributed by atoms with Gasteiger partial charge in [0.2, 0.25) is 0 Å². The van der Waals surface area contributed by atoms with Gasteiger partial charge < -0.3 is 10.5 Å². The van der Waals surface area contributed by atoms with E-state index in [0.29, 0.717) is 5.56 Å². The minimum Gasteiger partial charge on any atom is -0.465 e. The predicted molar refractivity (Wildman–Crippen MR) is 67.9 cm³/mol. The van der Waals surface area contributed by atoms with Crippen LogP contribution in [0.15, 0.2) is 29.2 Å². The fourth-order valence-electron chi connectivity index (χ4n) is 1.49. The molecular weight excluding hydrogens is 254 g/mol. The predicted octanol–water partition coefficient (Wildman–Crippen LogP) is 0.523. The Morgan fingerprint density at radius 1 is 1.44 bits per heavy atom. The highest BCUT2D eigenvalue weighted by Gasteiger charge is 2.16. The average Bonchev–Trinajstić information content (AvgIpc) is 2.28. The van der Waals surface area contributed by atoms with Gasteiger partial charge in [-0.05, 0) is 31.0 Å². The molecule has 0 saturated heterocycles. The van der Waals surface area contributed by atoms with Crippen LogP contribution in [-0.2, 0) is 25.8 Å². The second-order valence-corrected chi connectivity index (χ2v) is 6.00. The van der Waals surface area contributed by atoms with Crippen LogP contribution in [0.4, 0.5) is 0 Å². The van der Waals surface area contributed by atoms with Crippen LogP contribution in [0.5, 0.6) is 0 Å². The molecule has 0 spiro atoms. The van der Waals surface area contributed by atoms with Gasteiger partial charge in [-0.2, -0.15) is 0 Å². The molecule has 1 aromatic carbocycles. The lowest BCUT2D eigenvalue weighted by Gasteiger charge is -2.11. The van der Waals surface area contributed by atoms with Crippen molar-refractivity contribution < 1.29 is 17.9 Å². The zero-order valence-electron chi connectivity index (χ0n) is 10.4. The van der Waals surface area contributed by atoms with E-state index in [9.17, 15) is 13.2 Å². The van der Waals surface area contributed by atoms with E-state index in [1.165, 1.54) is 12.1 Å². The van der Waals surface area contributed by atoms with E-state index in [1.807, 2.05) is 0 Å².